The molecule has 4 N–H and O–H groups in total. The highest BCUT2D eigenvalue weighted by Crippen LogP contribution is 2.15. The third kappa shape index (κ3) is 5.13. The van der Waals surface area contributed by atoms with Crippen LogP contribution < -0.4 is 16.4 Å². The Morgan fingerprint density at radius 3 is 2.19 bits per heavy atom. The van der Waals surface area contributed by atoms with E-state index in [1.165, 1.54) is 24.3 Å². The molecule has 2 aromatic rings. The van der Waals surface area contributed by atoms with Crippen molar-refractivity contribution in [2.75, 3.05) is 5.32 Å². The highest BCUT2D eigenvalue weighted by molar-refractivity contribution is 6.02. The van der Waals surface area contributed by atoms with Crippen molar-refractivity contribution in [3.63, 3.8) is 0 Å². The van der Waals surface area contributed by atoms with Gasteiger partial charge in [0.05, 0.1) is 11.3 Å². The molecule has 0 aromatic heterocycles. The summed E-state index contributed by atoms with van der Waals surface area (Å²) in [5, 5.41) is 15.6. The number of anilines is 1. The van der Waals surface area contributed by atoms with Crippen LogP contribution in [0.4, 0.5) is 11.4 Å². The molecule has 9 nitrogen and oxygen atoms in total. The second-order valence-electron chi connectivity index (χ2n) is 5.36. The Balaban J connectivity index is 2.09. The van der Waals surface area contributed by atoms with Crippen LogP contribution in [0.2, 0.25) is 0 Å². The van der Waals surface area contributed by atoms with Crippen molar-refractivity contribution in [1.29, 1.82) is 0 Å². The Morgan fingerprint density at radius 1 is 1.04 bits per heavy atom. The van der Waals surface area contributed by atoms with E-state index in [4.69, 9.17) is 5.73 Å². The molecule has 134 valence electrons. The smallest absolute Gasteiger partial charge is 0.269 e. The molecular formula is C17H16N4O5. The summed E-state index contributed by atoms with van der Waals surface area (Å²) in [6, 6.07) is 12.1. The molecule has 0 fully saturated rings. The van der Waals surface area contributed by atoms with E-state index in [-0.39, 0.29) is 11.4 Å². The Morgan fingerprint density at radius 2 is 1.65 bits per heavy atom. The standard InChI is InChI=1S/C17H16N4O5/c18-15(22)10-14(20-16(23)11-4-2-1-3-5-11)17(24)19-12-6-8-13(9-7-12)21(25)26/h1-9,14H,10H2,(H2,18,22)(H,19,24)(H,20,23)/t14-/m1/s1. The van der Waals surface area contributed by atoms with E-state index >= 15 is 0 Å². The number of nitro benzene ring substituents is 1. The zero-order chi connectivity index (χ0) is 19.1. The first-order valence-electron chi connectivity index (χ1n) is 7.56. The number of nitrogens with two attached hydrogens (primary N) is 1. The number of carbonyl (C=O) groups excluding carboxylic acids is 3. The molecule has 0 heterocycles. The summed E-state index contributed by atoms with van der Waals surface area (Å²) < 4.78 is 0. The maximum absolute atomic E-state index is 12.4. The lowest BCUT2D eigenvalue weighted by Crippen LogP contribution is -2.46. The van der Waals surface area contributed by atoms with Crippen LogP contribution in [0.15, 0.2) is 54.6 Å². The number of non-ortho nitro benzene ring substituents is 1. The van der Waals surface area contributed by atoms with Gasteiger partial charge in [-0.1, -0.05) is 18.2 Å². The summed E-state index contributed by atoms with van der Waals surface area (Å²) in [7, 11) is 0. The van der Waals surface area contributed by atoms with Gasteiger partial charge in [-0.25, -0.2) is 0 Å². The van der Waals surface area contributed by atoms with Gasteiger partial charge in [0.15, 0.2) is 0 Å². The number of carbonyl (C=O) groups is 3. The van der Waals surface area contributed by atoms with Gasteiger partial charge in [0.25, 0.3) is 11.6 Å². The number of nitrogens with one attached hydrogen (secondary N) is 2. The molecular weight excluding hydrogens is 340 g/mol. The number of primary amides is 1. The lowest BCUT2D eigenvalue weighted by molar-refractivity contribution is -0.384. The summed E-state index contributed by atoms with van der Waals surface area (Å²) in [6.07, 6.45) is -0.391. The molecule has 2 aromatic carbocycles. The topological polar surface area (TPSA) is 144 Å². The van der Waals surface area contributed by atoms with Crippen LogP contribution in [-0.2, 0) is 9.59 Å². The third-order valence-electron chi connectivity index (χ3n) is 3.41. The van der Waals surface area contributed by atoms with Crippen molar-refractivity contribution in [3.05, 3.63) is 70.3 Å². The summed E-state index contributed by atoms with van der Waals surface area (Å²) in [5.41, 5.74) is 5.62. The van der Waals surface area contributed by atoms with Gasteiger partial charge in [-0.3, -0.25) is 24.5 Å². The van der Waals surface area contributed by atoms with Crippen LogP contribution in [0.25, 0.3) is 0 Å². The molecule has 0 aliphatic rings. The van der Waals surface area contributed by atoms with E-state index in [1.54, 1.807) is 30.3 Å². The Hall–Kier alpha value is -3.75. The molecule has 0 spiro atoms. The SMILES string of the molecule is NC(=O)C[C@@H](NC(=O)c1ccccc1)C(=O)Nc1ccc([N+](=O)[O-])cc1. The fraction of sp³-hybridized carbons (Fsp3) is 0.118. The summed E-state index contributed by atoms with van der Waals surface area (Å²) in [4.78, 5) is 45.9. The van der Waals surface area contributed by atoms with E-state index in [1.807, 2.05) is 0 Å². The fourth-order valence-corrected chi connectivity index (χ4v) is 2.14. The predicted molar refractivity (Wildman–Crippen MR) is 93.2 cm³/mol. The van der Waals surface area contributed by atoms with E-state index in [0.29, 0.717) is 5.56 Å². The van der Waals surface area contributed by atoms with Crippen molar-refractivity contribution in [1.82, 2.24) is 5.32 Å². The van der Waals surface area contributed by atoms with E-state index in [0.717, 1.165) is 0 Å². The van der Waals surface area contributed by atoms with Gasteiger partial charge < -0.3 is 16.4 Å². The number of nitrogens with zero attached hydrogens (tertiary/aromatic N) is 1. The first kappa shape index (κ1) is 18.6. The minimum absolute atomic E-state index is 0.130. The van der Waals surface area contributed by atoms with Gasteiger partial charge in [-0.05, 0) is 24.3 Å². The normalized spacial score (nSPS) is 11.2. The Kier molecular flexibility index (Phi) is 5.99. The predicted octanol–water partition coefficient (Wildman–Crippen LogP) is 1.21. The highest BCUT2D eigenvalue weighted by Gasteiger charge is 2.23. The minimum atomic E-state index is -1.18. The quantitative estimate of drug-likeness (QED) is 0.504. The van der Waals surface area contributed by atoms with E-state index in [2.05, 4.69) is 10.6 Å². The average molecular weight is 356 g/mol. The van der Waals surface area contributed by atoms with Crippen LogP contribution in [0.1, 0.15) is 16.8 Å². The highest BCUT2D eigenvalue weighted by atomic mass is 16.6. The molecule has 9 heteroatoms. The van der Waals surface area contributed by atoms with Gasteiger partial charge >= 0.3 is 0 Å². The van der Waals surface area contributed by atoms with Crippen LogP contribution in [-0.4, -0.2) is 28.7 Å². The molecule has 0 aliphatic heterocycles. The van der Waals surface area contributed by atoms with Crippen molar-refractivity contribution in [2.24, 2.45) is 5.73 Å². The molecule has 3 amide bonds. The van der Waals surface area contributed by atoms with E-state index in [9.17, 15) is 24.5 Å². The minimum Gasteiger partial charge on any atom is -0.370 e. The molecule has 0 saturated heterocycles. The van der Waals surface area contributed by atoms with Gasteiger partial charge in [0.2, 0.25) is 11.8 Å². The molecule has 0 saturated carbocycles. The molecule has 0 bridgehead atoms. The first-order chi connectivity index (χ1) is 12.4. The number of amides is 3. The van der Waals surface area contributed by atoms with Gasteiger partial charge in [-0.15, -0.1) is 0 Å². The largest absolute Gasteiger partial charge is 0.370 e. The maximum atomic E-state index is 12.4. The molecule has 0 aliphatic carbocycles. The molecule has 1 atom stereocenters. The van der Waals surface area contributed by atoms with Crippen LogP contribution >= 0.6 is 0 Å². The fourth-order valence-electron chi connectivity index (χ4n) is 2.14. The molecule has 26 heavy (non-hydrogen) atoms. The number of hydrogen-bond acceptors (Lipinski definition) is 5. The van der Waals surface area contributed by atoms with Crippen molar-refractivity contribution >= 4 is 29.1 Å². The molecule has 0 unspecified atom stereocenters. The summed E-state index contributed by atoms with van der Waals surface area (Å²) in [6.45, 7) is 0. The lowest BCUT2D eigenvalue weighted by atomic mass is 10.1. The van der Waals surface area contributed by atoms with Crippen LogP contribution in [0.5, 0.6) is 0 Å². The van der Waals surface area contributed by atoms with Crippen molar-refractivity contribution in [2.45, 2.75) is 12.5 Å². The van der Waals surface area contributed by atoms with Crippen LogP contribution in [0, 0.1) is 10.1 Å². The Bertz CT molecular complexity index is 821. The van der Waals surface area contributed by atoms with Gasteiger partial charge in [0.1, 0.15) is 6.04 Å². The zero-order valence-corrected chi connectivity index (χ0v) is 13.5. The second-order valence-corrected chi connectivity index (χ2v) is 5.36. The van der Waals surface area contributed by atoms with E-state index < -0.39 is 35.1 Å². The summed E-state index contributed by atoms with van der Waals surface area (Å²) in [5.74, 6) is -1.96. The first-order valence-corrected chi connectivity index (χ1v) is 7.56. The zero-order valence-electron chi connectivity index (χ0n) is 13.5. The average Bonchev–Trinajstić information content (AvgIpc) is 2.62. The van der Waals surface area contributed by atoms with Crippen LogP contribution in [0.3, 0.4) is 0 Å². The number of hydrogen-bond donors (Lipinski definition) is 3. The number of benzene rings is 2. The molecule has 2 rings (SSSR count). The van der Waals surface area contributed by atoms with Crippen molar-refractivity contribution < 1.29 is 19.3 Å². The van der Waals surface area contributed by atoms with Gasteiger partial charge in [-0.2, -0.15) is 0 Å². The van der Waals surface area contributed by atoms with Crippen molar-refractivity contribution in [3.8, 4) is 0 Å². The summed E-state index contributed by atoms with van der Waals surface area (Å²) >= 11 is 0. The monoisotopic (exact) mass is 356 g/mol. The number of rotatable bonds is 7. The molecule has 0 radical (unpaired) electrons. The van der Waals surface area contributed by atoms with Gasteiger partial charge in [0, 0.05) is 23.4 Å². The third-order valence-corrected chi connectivity index (χ3v) is 3.41. The maximum Gasteiger partial charge on any atom is 0.269 e. The number of nitro groups is 1. The Labute approximate surface area is 148 Å². The lowest BCUT2D eigenvalue weighted by Gasteiger charge is -2.17. The second kappa shape index (κ2) is 8.38.